The molecule has 1 unspecified atom stereocenters. The molecule has 1 rings (SSSR count). The van der Waals surface area contributed by atoms with E-state index in [1.807, 2.05) is 20.8 Å². The zero-order valence-electron chi connectivity index (χ0n) is 21.3. The standard InChI is InChI=1S/C24H36Cl2F2N4O2.CH2O/c1-5-18(21(31-16-25)11-6-7-13-34-14-12-29-3)23(30-4)32-17(2)19-9-8-10-20(22(19)26)24(27,28)15-33;1-2/h8-10,17,29,31,33H,4-7,11-16H2,1-3H3;1H2/b21-18-,32-23?;. The number of amidine groups is 1. The van der Waals surface area contributed by atoms with Crippen LogP contribution in [0.4, 0.5) is 8.78 Å². The van der Waals surface area contributed by atoms with Crippen LogP contribution < -0.4 is 10.6 Å². The SMILES string of the molecule is C=NC(=NC(C)c1cccc(C(F)(F)CO)c1Cl)/C(CC)=C(/CCCCOCCNC)NCCl.C=O. The largest absolute Gasteiger partial charge is 0.390 e. The lowest BCUT2D eigenvalue weighted by atomic mass is 10.0. The monoisotopic (exact) mass is 550 g/mol. The van der Waals surface area contributed by atoms with Gasteiger partial charge in [-0.15, -0.1) is 11.6 Å². The van der Waals surface area contributed by atoms with Crippen molar-refractivity contribution in [3.63, 3.8) is 0 Å². The maximum Gasteiger partial charge on any atom is 0.297 e. The normalized spacial score (nSPS) is 13.4. The first-order valence-electron chi connectivity index (χ1n) is 11.6. The molecule has 0 bridgehead atoms. The number of benzene rings is 1. The number of hydrogen-bond acceptors (Lipinski definition) is 6. The molecule has 7 nitrogen and oxygen atoms in total. The Labute approximate surface area is 223 Å². The summed E-state index contributed by atoms with van der Waals surface area (Å²) in [5.74, 6) is -3.04. The third-order valence-corrected chi connectivity index (χ3v) is 5.82. The lowest BCUT2D eigenvalue weighted by Gasteiger charge is -2.20. The molecule has 0 spiro atoms. The number of nitrogens with one attached hydrogen (secondary N) is 2. The fourth-order valence-corrected chi connectivity index (χ4v) is 4.01. The molecule has 204 valence electrons. The van der Waals surface area contributed by atoms with Crippen LogP contribution in [0.15, 0.2) is 39.5 Å². The maximum atomic E-state index is 14.1. The van der Waals surface area contributed by atoms with Gasteiger partial charge in [0.25, 0.3) is 5.92 Å². The summed E-state index contributed by atoms with van der Waals surface area (Å²) < 4.78 is 33.7. The minimum absolute atomic E-state index is 0.124. The molecule has 0 saturated carbocycles. The van der Waals surface area contributed by atoms with Crippen molar-refractivity contribution < 1.29 is 23.4 Å². The van der Waals surface area contributed by atoms with Gasteiger partial charge in [0.05, 0.1) is 23.7 Å². The van der Waals surface area contributed by atoms with E-state index in [1.165, 1.54) is 12.1 Å². The van der Waals surface area contributed by atoms with E-state index in [0.29, 0.717) is 31.0 Å². The number of halogens is 4. The fourth-order valence-electron chi connectivity index (χ4n) is 3.42. The third-order valence-electron chi connectivity index (χ3n) is 5.27. The number of nitrogens with zero attached hydrogens (tertiary/aromatic N) is 2. The average molecular weight is 552 g/mol. The van der Waals surface area contributed by atoms with Crippen molar-refractivity contribution in [3.8, 4) is 0 Å². The number of aliphatic hydroxyl groups excluding tert-OH is 1. The van der Waals surface area contributed by atoms with E-state index < -0.39 is 24.1 Å². The number of likely N-dealkylation sites (N-methyl/N-ethyl adjacent to an activating group) is 1. The highest BCUT2D eigenvalue weighted by atomic mass is 35.5. The molecule has 11 heteroatoms. The number of rotatable bonds is 16. The van der Waals surface area contributed by atoms with Crippen molar-refractivity contribution in [1.29, 1.82) is 0 Å². The van der Waals surface area contributed by atoms with Gasteiger partial charge in [-0.05, 0) is 51.9 Å². The molecule has 0 aliphatic heterocycles. The summed E-state index contributed by atoms with van der Waals surface area (Å²) in [7, 11) is 1.88. The van der Waals surface area contributed by atoms with Gasteiger partial charge in [0.1, 0.15) is 13.4 Å². The van der Waals surface area contributed by atoms with Gasteiger partial charge in [-0.2, -0.15) is 8.78 Å². The van der Waals surface area contributed by atoms with Gasteiger partial charge in [0, 0.05) is 30.0 Å². The minimum Gasteiger partial charge on any atom is -0.390 e. The number of hydrogen-bond donors (Lipinski definition) is 3. The molecule has 3 N–H and O–H groups in total. The van der Waals surface area contributed by atoms with Crippen molar-refractivity contribution in [1.82, 2.24) is 10.6 Å². The Morgan fingerprint density at radius 1 is 1.28 bits per heavy atom. The first-order valence-corrected chi connectivity index (χ1v) is 12.5. The van der Waals surface area contributed by atoms with Gasteiger partial charge in [-0.3, -0.25) is 4.99 Å². The molecular weight excluding hydrogens is 513 g/mol. The first kappa shape index (κ1) is 34.1. The smallest absolute Gasteiger partial charge is 0.297 e. The van der Waals surface area contributed by atoms with Crippen molar-refractivity contribution in [2.45, 2.75) is 51.5 Å². The number of alkyl halides is 3. The molecular formula is C25H38Cl2F2N4O3. The molecule has 0 heterocycles. The second-order valence-corrected chi connectivity index (χ2v) is 8.30. The van der Waals surface area contributed by atoms with Gasteiger partial charge < -0.3 is 25.3 Å². The molecule has 1 aromatic carbocycles. The number of ether oxygens (including phenoxy) is 1. The van der Waals surface area contributed by atoms with E-state index in [9.17, 15) is 8.78 Å². The van der Waals surface area contributed by atoms with E-state index in [-0.39, 0.29) is 11.0 Å². The number of carbonyl (C=O) groups excluding carboxylic acids is 1. The van der Waals surface area contributed by atoms with Gasteiger partial charge in [-0.1, -0.05) is 36.7 Å². The molecule has 1 aromatic rings. The van der Waals surface area contributed by atoms with Crippen LogP contribution in [0.1, 0.15) is 56.7 Å². The van der Waals surface area contributed by atoms with Crippen LogP contribution in [0.25, 0.3) is 0 Å². The molecule has 1 atom stereocenters. The number of carbonyl (C=O) groups is 1. The second kappa shape index (κ2) is 19.2. The van der Waals surface area contributed by atoms with Crippen molar-refractivity contribution in [2.24, 2.45) is 9.98 Å². The molecule has 0 aliphatic carbocycles. The summed E-state index contributed by atoms with van der Waals surface area (Å²) in [6, 6.07) is 3.97. The Kier molecular flexibility index (Phi) is 18.2. The number of aliphatic imine (C=N–C) groups is 2. The van der Waals surface area contributed by atoms with Gasteiger partial charge >= 0.3 is 0 Å². The average Bonchev–Trinajstić information content (AvgIpc) is 2.88. The molecule has 0 aromatic heterocycles. The Morgan fingerprint density at radius 3 is 2.53 bits per heavy atom. The molecule has 36 heavy (non-hydrogen) atoms. The van der Waals surface area contributed by atoms with Gasteiger partial charge in [-0.25, -0.2) is 4.99 Å². The minimum atomic E-state index is -3.45. The van der Waals surface area contributed by atoms with Crippen LogP contribution in [0.2, 0.25) is 5.02 Å². The Morgan fingerprint density at radius 2 is 1.97 bits per heavy atom. The van der Waals surface area contributed by atoms with E-state index in [4.69, 9.17) is 37.8 Å². The fraction of sp³-hybridized carbons (Fsp3) is 0.560. The predicted molar refractivity (Wildman–Crippen MR) is 145 cm³/mol. The lowest BCUT2D eigenvalue weighted by Crippen LogP contribution is -2.20. The third kappa shape index (κ3) is 11.0. The second-order valence-electron chi connectivity index (χ2n) is 7.65. The summed E-state index contributed by atoms with van der Waals surface area (Å²) in [4.78, 5) is 16.8. The van der Waals surface area contributed by atoms with Crippen LogP contribution in [-0.4, -0.2) is 63.9 Å². The molecule has 0 saturated heterocycles. The summed E-state index contributed by atoms with van der Waals surface area (Å²) >= 11 is 12.3. The van der Waals surface area contributed by atoms with E-state index in [0.717, 1.165) is 37.1 Å². The van der Waals surface area contributed by atoms with Gasteiger partial charge in [0.15, 0.2) is 5.84 Å². The highest BCUT2D eigenvalue weighted by Crippen LogP contribution is 2.37. The van der Waals surface area contributed by atoms with Crippen LogP contribution in [0.5, 0.6) is 0 Å². The van der Waals surface area contributed by atoms with E-state index >= 15 is 0 Å². The van der Waals surface area contributed by atoms with Crippen molar-refractivity contribution >= 4 is 42.5 Å². The van der Waals surface area contributed by atoms with Crippen molar-refractivity contribution in [3.05, 3.63) is 45.6 Å². The highest BCUT2D eigenvalue weighted by molar-refractivity contribution is 6.32. The summed E-state index contributed by atoms with van der Waals surface area (Å²) in [5.41, 5.74) is 1.75. The molecule has 0 radical (unpaired) electrons. The zero-order chi connectivity index (χ0) is 27.6. The van der Waals surface area contributed by atoms with Crippen molar-refractivity contribution in [2.75, 3.05) is 39.4 Å². The highest BCUT2D eigenvalue weighted by Gasteiger charge is 2.34. The van der Waals surface area contributed by atoms with Crippen LogP contribution in [0.3, 0.4) is 0 Å². The maximum absolute atomic E-state index is 14.1. The summed E-state index contributed by atoms with van der Waals surface area (Å²) in [6.45, 7) is 10.2. The molecule has 0 aliphatic rings. The Bertz CT molecular complexity index is 855. The Balaban J connectivity index is 0.00000596. The quantitative estimate of drug-likeness (QED) is 0.0857. The number of aliphatic hydroxyl groups is 1. The predicted octanol–water partition coefficient (Wildman–Crippen LogP) is 5.26. The zero-order valence-corrected chi connectivity index (χ0v) is 22.8. The van der Waals surface area contributed by atoms with Gasteiger partial charge in [0.2, 0.25) is 0 Å². The molecule has 0 fully saturated rings. The summed E-state index contributed by atoms with van der Waals surface area (Å²) in [5, 5.41) is 15.2. The Hall–Kier alpha value is -1.91. The van der Waals surface area contributed by atoms with E-state index in [1.54, 1.807) is 13.0 Å². The molecule has 0 amide bonds. The van der Waals surface area contributed by atoms with E-state index in [2.05, 4.69) is 27.3 Å². The number of allylic oxidation sites excluding steroid dienone is 1. The summed E-state index contributed by atoms with van der Waals surface area (Å²) in [6.07, 6.45) is 3.12. The van der Waals surface area contributed by atoms with Crippen LogP contribution in [0, 0.1) is 0 Å². The van der Waals surface area contributed by atoms with Crippen LogP contribution in [-0.2, 0) is 15.5 Å². The number of unbranched alkanes of at least 4 members (excludes halogenated alkanes) is 1. The topological polar surface area (TPSA) is 95.3 Å². The first-order chi connectivity index (χ1) is 17.3. The van der Waals surface area contributed by atoms with Crippen LogP contribution >= 0.6 is 23.2 Å². The lowest BCUT2D eigenvalue weighted by molar-refractivity contribution is -0.0980.